The summed E-state index contributed by atoms with van der Waals surface area (Å²) in [5.41, 5.74) is 3.79. The van der Waals surface area contributed by atoms with Crippen molar-refractivity contribution in [3.8, 4) is 0 Å². The van der Waals surface area contributed by atoms with Gasteiger partial charge in [0.2, 0.25) is 5.91 Å². The van der Waals surface area contributed by atoms with Gasteiger partial charge < -0.3 is 10.1 Å². The Balaban J connectivity index is 1.37. The molecule has 37 heavy (non-hydrogen) atoms. The molecule has 5 aromatic rings. The molecule has 0 spiro atoms. The number of amides is 1. The number of thiophene rings is 1. The summed E-state index contributed by atoms with van der Waals surface area (Å²) < 4.78 is 8.09. The number of carbonyl (C=O) groups is 1. The Labute approximate surface area is 227 Å². The van der Waals surface area contributed by atoms with Crippen LogP contribution in [0.3, 0.4) is 0 Å². The van der Waals surface area contributed by atoms with Gasteiger partial charge in [0.25, 0.3) is 0 Å². The Bertz CT molecular complexity index is 1580. The van der Waals surface area contributed by atoms with Crippen molar-refractivity contribution >= 4 is 62.3 Å². The van der Waals surface area contributed by atoms with Crippen LogP contribution in [-0.2, 0) is 28.3 Å². The molecular weight excluding hydrogens is 523 g/mol. The van der Waals surface area contributed by atoms with Gasteiger partial charge in [-0.3, -0.25) is 4.79 Å². The van der Waals surface area contributed by atoms with Gasteiger partial charge in [0, 0.05) is 22.7 Å². The highest BCUT2D eigenvalue weighted by Gasteiger charge is 2.31. The topological polar surface area (TPSA) is 81.4 Å². The zero-order valence-electron chi connectivity index (χ0n) is 20.4. The van der Waals surface area contributed by atoms with Crippen LogP contribution in [0.25, 0.3) is 15.9 Å². The van der Waals surface area contributed by atoms with E-state index in [1.54, 1.807) is 23.1 Å². The van der Waals surface area contributed by atoms with Crippen molar-refractivity contribution in [1.29, 1.82) is 0 Å². The number of hydrogen-bond acceptors (Lipinski definition) is 8. The zero-order chi connectivity index (χ0) is 25.4. The molecule has 0 fully saturated rings. The Morgan fingerprint density at radius 3 is 2.59 bits per heavy atom. The number of hydrogen-bond donors (Lipinski definition) is 1. The monoisotopic (exact) mass is 547 g/mol. The molecular formula is C27H25N5O2S3. The predicted molar refractivity (Wildman–Crippen MR) is 151 cm³/mol. The Morgan fingerprint density at radius 2 is 1.81 bits per heavy atom. The fraction of sp³-hybridized carbons (Fsp3) is 0.259. The summed E-state index contributed by atoms with van der Waals surface area (Å²) in [4.78, 5) is 19.9. The summed E-state index contributed by atoms with van der Waals surface area (Å²) in [5, 5.41) is 14.6. The summed E-state index contributed by atoms with van der Waals surface area (Å²) in [6.07, 6.45) is 0.797. The maximum absolute atomic E-state index is 12.7. The van der Waals surface area contributed by atoms with Crippen molar-refractivity contribution in [2.45, 2.75) is 48.5 Å². The van der Waals surface area contributed by atoms with E-state index in [1.807, 2.05) is 52.9 Å². The minimum atomic E-state index is -0.244. The van der Waals surface area contributed by atoms with Gasteiger partial charge in [-0.05, 0) is 37.1 Å². The molecule has 6 rings (SSSR count). The van der Waals surface area contributed by atoms with Crippen molar-refractivity contribution in [2.24, 2.45) is 0 Å². The van der Waals surface area contributed by atoms with E-state index in [1.165, 1.54) is 27.8 Å². The van der Waals surface area contributed by atoms with E-state index in [4.69, 9.17) is 9.72 Å². The molecule has 0 unspecified atom stereocenters. The van der Waals surface area contributed by atoms with Crippen LogP contribution in [0.15, 0.2) is 71.0 Å². The quantitative estimate of drug-likeness (QED) is 0.192. The summed E-state index contributed by atoms with van der Waals surface area (Å²) in [6.45, 7) is 4.81. The average Bonchev–Trinajstić information content (AvgIpc) is 3.47. The number of aromatic nitrogens is 4. The van der Waals surface area contributed by atoms with Crippen molar-refractivity contribution in [2.75, 3.05) is 11.1 Å². The van der Waals surface area contributed by atoms with Gasteiger partial charge in [-0.1, -0.05) is 72.1 Å². The van der Waals surface area contributed by atoms with E-state index in [-0.39, 0.29) is 17.3 Å². The van der Waals surface area contributed by atoms with E-state index in [0.29, 0.717) is 11.8 Å². The second-order valence-corrected chi connectivity index (χ2v) is 12.4. The first-order valence-corrected chi connectivity index (χ1v) is 14.7. The highest BCUT2D eigenvalue weighted by molar-refractivity contribution is 8.00. The molecule has 0 saturated heterocycles. The molecule has 1 amide bonds. The zero-order valence-corrected chi connectivity index (χ0v) is 22.9. The minimum absolute atomic E-state index is 0.0905. The SMILES string of the molecule is CC1(C)Cc2c(sc3nc(SCc4ccccc4)n4c(SCC(=O)Nc5ccccc5)nnc4c23)CO1. The van der Waals surface area contributed by atoms with Crippen LogP contribution >= 0.6 is 34.9 Å². The van der Waals surface area contributed by atoms with Crippen LogP contribution in [0, 0.1) is 0 Å². The maximum Gasteiger partial charge on any atom is 0.234 e. The number of para-hydroxylation sites is 1. The van der Waals surface area contributed by atoms with Crippen molar-refractivity contribution in [3.05, 3.63) is 76.7 Å². The molecule has 0 saturated carbocycles. The lowest BCUT2D eigenvalue weighted by Gasteiger charge is -2.30. The van der Waals surface area contributed by atoms with E-state index >= 15 is 0 Å². The van der Waals surface area contributed by atoms with Crippen LogP contribution in [0.1, 0.15) is 29.9 Å². The smallest absolute Gasteiger partial charge is 0.234 e. The van der Waals surface area contributed by atoms with E-state index in [0.717, 1.165) is 38.9 Å². The van der Waals surface area contributed by atoms with Gasteiger partial charge in [0.1, 0.15) is 4.83 Å². The maximum atomic E-state index is 12.7. The first-order chi connectivity index (χ1) is 18.0. The molecule has 7 nitrogen and oxygen atoms in total. The van der Waals surface area contributed by atoms with E-state index in [2.05, 4.69) is 41.5 Å². The molecule has 2 aromatic carbocycles. The molecule has 1 aliphatic heterocycles. The number of ether oxygens (including phenoxy) is 1. The Kier molecular flexibility index (Phi) is 6.66. The number of benzene rings is 2. The summed E-state index contributed by atoms with van der Waals surface area (Å²) >= 11 is 4.70. The number of carbonyl (C=O) groups excluding carboxylic acids is 1. The number of fused-ring (bicyclic) bond motifs is 5. The van der Waals surface area contributed by atoms with Crippen molar-refractivity contribution in [1.82, 2.24) is 19.6 Å². The normalized spacial score (nSPS) is 14.6. The van der Waals surface area contributed by atoms with Crippen LogP contribution in [0.2, 0.25) is 0 Å². The standard InChI is InChI=1S/C27H25N5O2S3/c1-27(2)13-19-20(14-34-27)37-24-22(19)23-30-31-26(36-16-21(33)28-18-11-7-4-8-12-18)32(23)25(29-24)35-15-17-9-5-3-6-10-17/h3-12H,13-16H2,1-2H3,(H,28,33). The number of anilines is 1. The Morgan fingerprint density at radius 1 is 1.05 bits per heavy atom. The molecule has 0 radical (unpaired) electrons. The van der Waals surface area contributed by atoms with E-state index in [9.17, 15) is 4.79 Å². The lowest BCUT2D eigenvalue weighted by atomic mass is 9.94. The molecule has 0 aliphatic carbocycles. The molecule has 0 bridgehead atoms. The van der Waals surface area contributed by atoms with Crippen LogP contribution in [-0.4, -0.2) is 36.8 Å². The highest BCUT2D eigenvalue weighted by atomic mass is 32.2. The number of thioether (sulfide) groups is 2. The third kappa shape index (κ3) is 5.11. The number of nitrogens with zero attached hydrogens (tertiary/aromatic N) is 4. The molecule has 4 heterocycles. The van der Waals surface area contributed by atoms with Crippen LogP contribution in [0.4, 0.5) is 5.69 Å². The fourth-order valence-corrected chi connectivity index (χ4v) is 7.24. The minimum Gasteiger partial charge on any atom is -0.370 e. The molecule has 1 N–H and O–H groups in total. The number of rotatable bonds is 7. The fourth-order valence-electron chi connectivity index (χ4n) is 4.35. The third-order valence-electron chi connectivity index (χ3n) is 6.11. The largest absolute Gasteiger partial charge is 0.370 e. The second-order valence-electron chi connectivity index (χ2n) is 9.42. The van der Waals surface area contributed by atoms with Gasteiger partial charge in [-0.25, -0.2) is 9.38 Å². The van der Waals surface area contributed by atoms with Gasteiger partial charge in [0.15, 0.2) is 16.0 Å². The second kappa shape index (κ2) is 10.1. The lowest BCUT2D eigenvalue weighted by Crippen LogP contribution is -2.31. The predicted octanol–water partition coefficient (Wildman–Crippen LogP) is 6.21. The lowest BCUT2D eigenvalue weighted by molar-refractivity contribution is -0.113. The van der Waals surface area contributed by atoms with Crippen molar-refractivity contribution < 1.29 is 9.53 Å². The average molecular weight is 548 g/mol. The van der Waals surface area contributed by atoms with Gasteiger partial charge in [-0.2, -0.15) is 0 Å². The molecule has 10 heteroatoms. The number of nitrogens with one attached hydrogen (secondary N) is 1. The Hall–Kier alpha value is -2.92. The van der Waals surface area contributed by atoms with Gasteiger partial charge >= 0.3 is 0 Å². The first kappa shape index (κ1) is 24.4. The molecule has 0 atom stereocenters. The molecule has 1 aliphatic rings. The van der Waals surface area contributed by atoms with Gasteiger partial charge in [0.05, 0.1) is 23.3 Å². The summed E-state index contributed by atoms with van der Waals surface area (Å²) in [5.74, 6) is 0.901. The van der Waals surface area contributed by atoms with Crippen LogP contribution < -0.4 is 5.32 Å². The molecule has 188 valence electrons. The van der Waals surface area contributed by atoms with Crippen LogP contribution in [0.5, 0.6) is 0 Å². The van der Waals surface area contributed by atoms with Gasteiger partial charge in [-0.15, -0.1) is 21.5 Å². The molecule has 3 aromatic heterocycles. The first-order valence-electron chi connectivity index (χ1n) is 11.9. The van der Waals surface area contributed by atoms with Crippen molar-refractivity contribution in [3.63, 3.8) is 0 Å². The summed E-state index contributed by atoms with van der Waals surface area (Å²) in [7, 11) is 0. The summed E-state index contributed by atoms with van der Waals surface area (Å²) in [6, 6.07) is 19.8. The van der Waals surface area contributed by atoms with E-state index < -0.39 is 0 Å². The highest BCUT2D eigenvalue weighted by Crippen LogP contribution is 2.41. The third-order valence-corrected chi connectivity index (χ3v) is 9.15.